The maximum absolute atomic E-state index is 12.2. The number of piperidine rings is 1. The minimum absolute atomic E-state index is 0.0539. The van der Waals surface area contributed by atoms with Gasteiger partial charge in [-0.1, -0.05) is 30.3 Å². The van der Waals surface area contributed by atoms with Crippen molar-refractivity contribution in [1.82, 2.24) is 29.9 Å². The number of rotatable bonds is 6. The van der Waals surface area contributed by atoms with Crippen LogP contribution in [0.3, 0.4) is 0 Å². The van der Waals surface area contributed by atoms with Crippen LogP contribution in [0.1, 0.15) is 39.2 Å². The third-order valence-corrected chi connectivity index (χ3v) is 6.74. The van der Waals surface area contributed by atoms with E-state index < -0.39 is 5.60 Å². The van der Waals surface area contributed by atoms with E-state index in [0.29, 0.717) is 24.1 Å². The zero-order chi connectivity index (χ0) is 26.7. The Morgan fingerprint density at radius 3 is 2.55 bits per heavy atom. The van der Waals surface area contributed by atoms with Crippen LogP contribution in [-0.4, -0.2) is 55.4 Å². The lowest BCUT2D eigenvalue weighted by Crippen LogP contribution is -2.46. The van der Waals surface area contributed by atoms with Gasteiger partial charge in [0.2, 0.25) is 11.9 Å². The number of carbonyl (C=O) groups excluding carboxylic acids is 1. The highest BCUT2D eigenvalue weighted by Crippen LogP contribution is 2.24. The summed E-state index contributed by atoms with van der Waals surface area (Å²) in [6.45, 7) is 7.60. The largest absolute Gasteiger partial charge is 0.444 e. The molecule has 4 aromatic rings. The number of benzene rings is 1. The SMILES string of the molecule is CC(C)(C)OC(=O)NC1CCN(c2nc(NCc3ccc(-c4ccccn4)cc3)n3ncc(Br)c3n2)CC1. The molecule has 5 rings (SSSR count). The summed E-state index contributed by atoms with van der Waals surface area (Å²) in [4.78, 5) is 28.3. The first-order valence-corrected chi connectivity index (χ1v) is 13.4. The molecule has 1 amide bonds. The Kier molecular flexibility index (Phi) is 7.46. The highest BCUT2D eigenvalue weighted by atomic mass is 79.9. The molecule has 2 N–H and O–H groups in total. The number of ether oxygens (including phenoxy) is 1. The molecule has 0 radical (unpaired) electrons. The second-order valence-corrected chi connectivity index (χ2v) is 11.1. The maximum Gasteiger partial charge on any atom is 0.407 e. The van der Waals surface area contributed by atoms with Crippen molar-refractivity contribution in [1.29, 1.82) is 0 Å². The van der Waals surface area contributed by atoms with E-state index in [1.165, 1.54) is 0 Å². The molecule has 198 valence electrons. The summed E-state index contributed by atoms with van der Waals surface area (Å²) in [5.74, 6) is 1.24. The van der Waals surface area contributed by atoms with Gasteiger partial charge in [-0.05, 0) is 67.2 Å². The molecule has 0 unspecified atom stereocenters. The number of hydrogen-bond acceptors (Lipinski definition) is 8. The third kappa shape index (κ3) is 6.21. The van der Waals surface area contributed by atoms with Crippen molar-refractivity contribution >= 4 is 39.6 Å². The van der Waals surface area contributed by atoms with Gasteiger partial charge in [0.15, 0.2) is 5.65 Å². The summed E-state index contributed by atoms with van der Waals surface area (Å²) in [6, 6.07) is 14.3. The van der Waals surface area contributed by atoms with Crippen LogP contribution in [0, 0.1) is 0 Å². The van der Waals surface area contributed by atoms with Crippen LogP contribution in [0.25, 0.3) is 16.9 Å². The Morgan fingerprint density at radius 2 is 1.87 bits per heavy atom. The van der Waals surface area contributed by atoms with Gasteiger partial charge in [-0.2, -0.15) is 19.6 Å². The second-order valence-electron chi connectivity index (χ2n) is 10.2. The van der Waals surface area contributed by atoms with Crippen molar-refractivity contribution in [3.05, 3.63) is 64.9 Å². The number of carbonyl (C=O) groups is 1. The standard InChI is InChI=1S/C27H31BrN8O2/c1-27(2,3)38-26(37)32-20-11-14-35(15-12-20)25-33-23-21(28)17-31-36(23)24(34-25)30-16-18-7-9-19(10-8-18)22-6-4-5-13-29-22/h4-10,13,17,20H,11-12,14-16H2,1-3H3,(H,32,37)(H,30,33,34). The fourth-order valence-electron chi connectivity index (χ4n) is 4.30. The smallest absolute Gasteiger partial charge is 0.407 e. The fourth-order valence-corrected chi connectivity index (χ4v) is 4.65. The lowest BCUT2D eigenvalue weighted by Gasteiger charge is -2.33. The number of alkyl carbamates (subject to hydrolysis) is 1. The minimum atomic E-state index is -0.517. The molecular weight excluding hydrogens is 548 g/mol. The first kappa shape index (κ1) is 25.9. The zero-order valence-corrected chi connectivity index (χ0v) is 23.3. The highest BCUT2D eigenvalue weighted by Gasteiger charge is 2.26. The average molecular weight is 580 g/mol. The first-order chi connectivity index (χ1) is 18.2. The number of amides is 1. The van der Waals surface area contributed by atoms with Crippen LogP contribution >= 0.6 is 15.9 Å². The van der Waals surface area contributed by atoms with E-state index in [1.54, 1.807) is 16.9 Å². The molecule has 1 saturated heterocycles. The van der Waals surface area contributed by atoms with Gasteiger partial charge in [0.1, 0.15) is 5.60 Å². The Bertz CT molecular complexity index is 1390. The highest BCUT2D eigenvalue weighted by molar-refractivity contribution is 9.10. The molecule has 0 saturated carbocycles. The van der Waals surface area contributed by atoms with Gasteiger partial charge < -0.3 is 20.3 Å². The molecule has 1 fully saturated rings. The van der Waals surface area contributed by atoms with E-state index in [2.05, 4.69) is 65.8 Å². The molecule has 0 aliphatic carbocycles. The van der Waals surface area contributed by atoms with Gasteiger partial charge in [-0.25, -0.2) is 4.79 Å². The number of halogens is 1. The fraction of sp³-hybridized carbons (Fsp3) is 0.370. The maximum atomic E-state index is 12.2. The normalized spacial score (nSPS) is 14.5. The molecule has 10 nitrogen and oxygen atoms in total. The molecule has 0 spiro atoms. The summed E-state index contributed by atoms with van der Waals surface area (Å²) in [5.41, 5.74) is 3.30. The van der Waals surface area contributed by atoms with E-state index in [-0.39, 0.29) is 12.1 Å². The van der Waals surface area contributed by atoms with Gasteiger partial charge in [0.05, 0.1) is 16.4 Å². The molecule has 0 bridgehead atoms. The summed E-state index contributed by atoms with van der Waals surface area (Å²) >= 11 is 3.56. The summed E-state index contributed by atoms with van der Waals surface area (Å²) in [5, 5.41) is 10.8. The van der Waals surface area contributed by atoms with Crippen molar-refractivity contribution in [2.45, 2.75) is 51.8 Å². The average Bonchev–Trinajstić information content (AvgIpc) is 3.28. The van der Waals surface area contributed by atoms with Crippen LogP contribution in [0.5, 0.6) is 0 Å². The number of fused-ring (bicyclic) bond motifs is 1. The van der Waals surface area contributed by atoms with Gasteiger partial charge in [0, 0.05) is 37.4 Å². The quantitative estimate of drug-likeness (QED) is 0.327. The number of aromatic nitrogens is 5. The van der Waals surface area contributed by atoms with Gasteiger partial charge in [-0.15, -0.1) is 0 Å². The zero-order valence-electron chi connectivity index (χ0n) is 21.7. The number of pyridine rings is 1. The molecule has 4 heterocycles. The van der Waals surface area contributed by atoms with Crippen LogP contribution in [-0.2, 0) is 11.3 Å². The van der Waals surface area contributed by atoms with Gasteiger partial charge >= 0.3 is 6.09 Å². The predicted molar refractivity (Wildman–Crippen MR) is 150 cm³/mol. The predicted octanol–water partition coefficient (Wildman–Crippen LogP) is 5.05. The monoisotopic (exact) mass is 578 g/mol. The number of nitrogens with zero attached hydrogens (tertiary/aromatic N) is 6. The minimum Gasteiger partial charge on any atom is -0.444 e. The van der Waals surface area contributed by atoms with E-state index in [9.17, 15) is 4.79 Å². The van der Waals surface area contributed by atoms with Crippen molar-refractivity contribution in [3.8, 4) is 11.3 Å². The molecule has 1 aliphatic rings. The number of hydrogen-bond donors (Lipinski definition) is 2. The summed E-state index contributed by atoms with van der Waals surface area (Å²) in [7, 11) is 0. The van der Waals surface area contributed by atoms with Crippen molar-refractivity contribution in [2.75, 3.05) is 23.3 Å². The van der Waals surface area contributed by atoms with E-state index in [4.69, 9.17) is 14.7 Å². The molecule has 11 heteroatoms. The van der Waals surface area contributed by atoms with Crippen molar-refractivity contribution in [3.63, 3.8) is 0 Å². The summed E-state index contributed by atoms with van der Waals surface area (Å²) < 4.78 is 7.90. The molecule has 0 atom stereocenters. The topological polar surface area (TPSA) is 110 Å². The Labute approximate surface area is 230 Å². The molecular formula is C27H31BrN8O2. The van der Waals surface area contributed by atoms with Crippen LogP contribution in [0.4, 0.5) is 16.7 Å². The van der Waals surface area contributed by atoms with Crippen LogP contribution in [0.15, 0.2) is 59.3 Å². The van der Waals surface area contributed by atoms with E-state index >= 15 is 0 Å². The summed E-state index contributed by atoms with van der Waals surface area (Å²) in [6.07, 6.45) is 4.69. The molecule has 38 heavy (non-hydrogen) atoms. The van der Waals surface area contributed by atoms with Crippen LogP contribution in [0.2, 0.25) is 0 Å². The van der Waals surface area contributed by atoms with E-state index in [1.807, 2.05) is 39.0 Å². The molecule has 1 aromatic carbocycles. The molecule has 3 aromatic heterocycles. The lowest BCUT2D eigenvalue weighted by molar-refractivity contribution is 0.0497. The Morgan fingerprint density at radius 1 is 1.11 bits per heavy atom. The second kappa shape index (κ2) is 10.9. The van der Waals surface area contributed by atoms with Crippen molar-refractivity contribution < 1.29 is 9.53 Å². The Balaban J connectivity index is 1.26. The number of anilines is 2. The first-order valence-electron chi connectivity index (χ1n) is 12.7. The van der Waals surface area contributed by atoms with Crippen LogP contribution < -0.4 is 15.5 Å². The van der Waals surface area contributed by atoms with Crippen molar-refractivity contribution in [2.24, 2.45) is 0 Å². The number of nitrogens with one attached hydrogen (secondary N) is 2. The Hall–Kier alpha value is -3.73. The van der Waals surface area contributed by atoms with E-state index in [0.717, 1.165) is 47.2 Å². The lowest BCUT2D eigenvalue weighted by atomic mass is 10.1. The van der Waals surface area contributed by atoms with Gasteiger partial charge in [-0.3, -0.25) is 4.98 Å². The van der Waals surface area contributed by atoms with Gasteiger partial charge in [0.25, 0.3) is 0 Å². The molecule has 1 aliphatic heterocycles. The third-order valence-electron chi connectivity index (χ3n) is 6.18.